The van der Waals surface area contributed by atoms with Gasteiger partial charge in [-0.2, -0.15) is 0 Å². The van der Waals surface area contributed by atoms with Crippen LogP contribution in [0.15, 0.2) is 35.8 Å². The van der Waals surface area contributed by atoms with Crippen LogP contribution in [0.4, 0.5) is 0 Å². The van der Waals surface area contributed by atoms with E-state index in [0.717, 1.165) is 22.2 Å². The molecule has 20 heavy (non-hydrogen) atoms. The summed E-state index contributed by atoms with van der Waals surface area (Å²) in [5.41, 5.74) is 2.80. The summed E-state index contributed by atoms with van der Waals surface area (Å²) in [7, 11) is 0. The summed E-state index contributed by atoms with van der Waals surface area (Å²) in [5.74, 6) is -0.240. The molecule has 0 aliphatic carbocycles. The molecule has 0 atom stereocenters. The maximum Gasteiger partial charge on any atom is 0.325 e. The number of nitrogens with zero attached hydrogens (tertiary/aromatic N) is 3. The van der Waals surface area contributed by atoms with Gasteiger partial charge in [-0.15, -0.1) is 5.10 Å². The Morgan fingerprint density at radius 1 is 1.40 bits per heavy atom. The van der Waals surface area contributed by atoms with E-state index in [2.05, 4.69) is 9.59 Å². The van der Waals surface area contributed by atoms with Gasteiger partial charge in [-0.1, -0.05) is 22.7 Å². The molecule has 0 saturated heterocycles. The number of carbonyl (C=O) groups excluding carboxylic acids is 1. The number of fused-ring (bicyclic) bond motifs is 1. The molecule has 1 aromatic carbocycles. The minimum Gasteiger partial charge on any atom is -0.465 e. The van der Waals surface area contributed by atoms with E-state index in [9.17, 15) is 4.79 Å². The molecule has 0 aliphatic rings. The minimum absolute atomic E-state index is 0.200. The Labute approximate surface area is 120 Å². The monoisotopic (exact) mass is 287 g/mol. The van der Waals surface area contributed by atoms with Crippen LogP contribution in [0.25, 0.3) is 22.2 Å². The van der Waals surface area contributed by atoms with Gasteiger partial charge < -0.3 is 9.30 Å². The summed E-state index contributed by atoms with van der Waals surface area (Å²) in [6.07, 6.45) is 1.93. The molecule has 0 saturated carbocycles. The number of hydrogen-bond donors (Lipinski definition) is 0. The highest BCUT2D eigenvalue weighted by molar-refractivity contribution is 7.03. The van der Waals surface area contributed by atoms with Crippen LogP contribution >= 0.6 is 11.5 Å². The molecule has 0 aliphatic heterocycles. The Morgan fingerprint density at radius 2 is 2.25 bits per heavy atom. The van der Waals surface area contributed by atoms with Crippen LogP contribution in [0.3, 0.4) is 0 Å². The van der Waals surface area contributed by atoms with Gasteiger partial charge in [0.2, 0.25) is 0 Å². The van der Waals surface area contributed by atoms with Gasteiger partial charge in [0.25, 0.3) is 0 Å². The van der Waals surface area contributed by atoms with Crippen molar-refractivity contribution in [2.24, 2.45) is 0 Å². The summed E-state index contributed by atoms with van der Waals surface area (Å²) in [4.78, 5) is 11.7. The highest BCUT2D eigenvalue weighted by Gasteiger charge is 2.14. The first-order valence-corrected chi connectivity index (χ1v) is 7.14. The lowest BCUT2D eigenvalue weighted by molar-refractivity contribution is -0.143. The van der Waals surface area contributed by atoms with Crippen molar-refractivity contribution in [2.45, 2.75) is 13.5 Å². The molecule has 0 bridgehead atoms. The first-order chi connectivity index (χ1) is 9.79. The predicted octanol–water partition coefficient (Wildman–Crippen LogP) is 2.72. The largest absolute Gasteiger partial charge is 0.465 e. The van der Waals surface area contributed by atoms with E-state index >= 15 is 0 Å². The molecule has 0 amide bonds. The molecular weight excluding hydrogens is 274 g/mol. The number of carbonyl (C=O) groups is 1. The molecule has 6 heteroatoms. The van der Waals surface area contributed by atoms with Crippen molar-refractivity contribution < 1.29 is 9.53 Å². The summed E-state index contributed by atoms with van der Waals surface area (Å²) >= 11 is 1.31. The second kappa shape index (κ2) is 5.42. The van der Waals surface area contributed by atoms with Gasteiger partial charge in [-0.25, -0.2) is 0 Å². The van der Waals surface area contributed by atoms with Gasteiger partial charge >= 0.3 is 5.97 Å². The summed E-state index contributed by atoms with van der Waals surface area (Å²) in [6.45, 7) is 2.39. The lowest BCUT2D eigenvalue weighted by atomic mass is 10.1. The SMILES string of the molecule is CCOC(=O)Cn1cc(-c2csnn2)c2ccccc21. The van der Waals surface area contributed by atoms with Crippen LogP contribution in [-0.2, 0) is 16.1 Å². The van der Waals surface area contributed by atoms with Crippen LogP contribution in [0.2, 0.25) is 0 Å². The number of benzene rings is 1. The third-order valence-electron chi connectivity index (χ3n) is 3.03. The van der Waals surface area contributed by atoms with Gasteiger partial charge in [0.1, 0.15) is 12.2 Å². The standard InChI is InChI=1S/C14H13N3O2S/c1-2-19-14(18)8-17-7-11(12-9-20-16-15-12)10-5-3-4-6-13(10)17/h3-7,9H,2,8H2,1H3. The zero-order valence-electron chi connectivity index (χ0n) is 10.9. The van der Waals surface area contributed by atoms with E-state index in [1.54, 1.807) is 6.92 Å². The number of rotatable bonds is 4. The van der Waals surface area contributed by atoms with Crippen LogP contribution in [0, 0.1) is 0 Å². The van der Waals surface area contributed by atoms with Crippen molar-refractivity contribution in [2.75, 3.05) is 6.61 Å². The van der Waals surface area contributed by atoms with E-state index in [0.29, 0.717) is 6.61 Å². The third kappa shape index (κ3) is 2.30. The van der Waals surface area contributed by atoms with E-state index in [1.165, 1.54) is 11.5 Å². The summed E-state index contributed by atoms with van der Waals surface area (Å²) < 4.78 is 10.8. The number of para-hydroxylation sites is 1. The van der Waals surface area contributed by atoms with Crippen LogP contribution in [0.5, 0.6) is 0 Å². The van der Waals surface area contributed by atoms with Crippen molar-refractivity contribution >= 4 is 28.4 Å². The zero-order valence-corrected chi connectivity index (χ0v) is 11.8. The summed E-state index contributed by atoms with van der Waals surface area (Å²) in [5, 5.41) is 7.06. The number of esters is 1. The molecule has 3 rings (SSSR count). The van der Waals surface area contributed by atoms with Crippen LogP contribution < -0.4 is 0 Å². The Hall–Kier alpha value is -2.21. The normalized spacial score (nSPS) is 10.8. The van der Waals surface area contributed by atoms with Gasteiger partial charge in [0.15, 0.2) is 0 Å². The van der Waals surface area contributed by atoms with Crippen molar-refractivity contribution in [3.8, 4) is 11.3 Å². The van der Waals surface area contributed by atoms with Crippen LogP contribution in [0.1, 0.15) is 6.92 Å². The zero-order chi connectivity index (χ0) is 13.9. The fraction of sp³-hybridized carbons (Fsp3) is 0.214. The van der Waals surface area contributed by atoms with Gasteiger partial charge in [0.05, 0.1) is 6.61 Å². The van der Waals surface area contributed by atoms with Crippen molar-refractivity contribution in [3.63, 3.8) is 0 Å². The van der Waals surface area contributed by atoms with Crippen LogP contribution in [-0.4, -0.2) is 26.7 Å². The molecule has 2 aromatic heterocycles. The number of aromatic nitrogens is 3. The molecular formula is C14H13N3O2S. The highest BCUT2D eigenvalue weighted by atomic mass is 32.1. The smallest absolute Gasteiger partial charge is 0.325 e. The van der Waals surface area contributed by atoms with E-state index in [-0.39, 0.29) is 12.5 Å². The second-order valence-electron chi connectivity index (χ2n) is 4.28. The minimum atomic E-state index is -0.240. The average Bonchev–Trinajstić information content (AvgIpc) is 3.07. The Kier molecular flexibility index (Phi) is 3.47. The fourth-order valence-electron chi connectivity index (χ4n) is 2.21. The number of ether oxygens (including phenoxy) is 1. The van der Waals surface area contributed by atoms with E-state index in [1.807, 2.05) is 40.4 Å². The summed E-state index contributed by atoms with van der Waals surface area (Å²) in [6, 6.07) is 7.93. The maximum atomic E-state index is 11.7. The van der Waals surface area contributed by atoms with Crippen molar-refractivity contribution in [1.29, 1.82) is 0 Å². The molecule has 0 N–H and O–H groups in total. The molecule has 5 nitrogen and oxygen atoms in total. The molecule has 0 fully saturated rings. The van der Waals surface area contributed by atoms with Gasteiger partial charge in [0, 0.05) is 28.0 Å². The van der Waals surface area contributed by atoms with Gasteiger partial charge in [-0.3, -0.25) is 4.79 Å². The molecule has 3 aromatic rings. The van der Waals surface area contributed by atoms with E-state index < -0.39 is 0 Å². The quantitative estimate of drug-likeness (QED) is 0.692. The van der Waals surface area contributed by atoms with Gasteiger partial charge in [-0.05, 0) is 24.5 Å². The van der Waals surface area contributed by atoms with Crippen molar-refractivity contribution in [3.05, 3.63) is 35.8 Å². The Morgan fingerprint density at radius 3 is 3.00 bits per heavy atom. The third-order valence-corrected chi connectivity index (χ3v) is 3.53. The predicted molar refractivity (Wildman–Crippen MR) is 77.5 cm³/mol. The lowest BCUT2D eigenvalue weighted by Gasteiger charge is -2.04. The molecule has 0 radical (unpaired) electrons. The van der Waals surface area contributed by atoms with E-state index in [4.69, 9.17) is 4.74 Å². The molecule has 0 spiro atoms. The molecule has 2 heterocycles. The second-order valence-corrected chi connectivity index (χ2v) is 4.89. The number of hydrogen-bond acceptors (Lipinski definition) is 5. The highest BCUT2D eigenvalue weighted by Crippen LogP contribution is 2.29. The first kappa shape index (κ1) is 12.8. The fourth-order valence-corrected chi connectivity index (χ4v) is 2.67. The average molecular weight is 287 g/mol. The maximum absolute atomic E-state index is 11.7. The topological polar surface area (TPSA) is 57.0 Å². The molecule has 102 valence electrons. The molecule has 0 unspecified atom stereocenters. The Balaban J connectivity index is 2.07. The first-order valence-electron chi connectivity index (χ1n) is 6.30. The Bertz CT molecular complexity index is 734. The van der Waals surface area contributed by atoms with Crippen molar-refractivity contribution in [1.82, 2.24) is 14.2 Å². The lowest BCUT2D eigenvalue weighted by Crippen LogP contribution is -2.12.